The van der Waals surface area contributed by atoms with Crippen molar-refractivity contribution in [3.8, 4) is 0 Å². The number of carbonyl (C=O) groups is 2. The molecule has 2 rings (SSSR count). The van der Waals surface area contributed by atoms with Gasteiger partial charge in [0.1, 0.15) is 11.9 Å². The summed E-state index contributed by atoms with van der Waals surface area (Å²) in [6, 6.07) is 3.44. The van der Waals surface area contributed by atoms with Gasteiger partial charge in [0.05, 0.1) is 6.54 Å². The summed E-state index contributed by atoms with van der Waals surface area (Å²) in [7, 11) is 0. The Kier molecular flexibility index (Phi) is 4.34. The maximum absolute atomic E-state index is 13.1. The molecule has 1 aliphatic rings. The van der Waals surface area contributed by atoms with E-state index in [1.54, 1.807) is 13.0 Å². The molecule has 0 spiro atoms. The fourth-order valence-electron chi connectivity index (χ4n) is 2.01. The number of amides is 1. The summed E-state index contributed by atoms with van der Waals surface area (Å²) >= 11 is 0. The average Bonchev–Trinajstić information content (AvgIpc) is 3.18. The molecule has 6 heteroatoms. The Bertz CT molecular complexity index is 529. The largest absolute Gasteiger partial charge is 0.480 e. The molecule has 0 radical (unpaired) electrons. The molecule has 108 valence electrons. The first-order valence-electron chi connectivity index (χ1n) is 6.49. The summed E-state index contributed by atoms with van der Waals surface area (Å²) in [4.78, 5) is 22.8. The molecule has 5 nitrogen and oxygen atoms in total. The van der Waals surface area contributed by atoms with Gasteiger partial charge in [-0.15, -0.1) is 0 Å². The molecule has 0 aliphatic heterocycles. The fraction of sp³-hybridized carbons (Fsp3) is 0.429. The fourth-order valence-corrected chi connectivity index (χ4v) is 2.01. The van der Waals surface area contributed by atoms with Crippen LogP contribution in [0.4, 0.5) is 10.1 Å². The van der Waals surface area contributed by atoms with Crippen LogP contribution < -0.4 is 10.6 Å². The number of anilines is 1. The Labute approximate surface area is 116 Å². The van der Waals surface area contributed by atoms with Crippen molar-refractivity contribution < 1.29 is 19.1 Å². The van der Waals surface area contributed by atoms with Gasteiger partial charge in [-0.2, -0.15) is 0 Å². The van der Waals surface area contributed by atoms with Gasteiger partial charge in [0.15, 0.2) is 0 Å². The number of aryl methyl sites for hydroxylation is 1. The molecule has 1 aromatic rings. The molecule has 1 unspecified atom stereocenters. The lowest BCUT2D eigenvalue weighted by molar-refractivity contribution is -0.140. The van der Waals surface area contributed by atoms with Crippen LogP contribution in [0.3, 0.4) is 0 Å². The van der Waals surface area contributed by atoms with Crippen LogP contribution in [0.2, 0.25) is 0 Å². The van der Waals surface area contributed by atoms with Crippen molar-refractivity contribution in [2.75, 3.05) is 11.9 Å². The second-order valence-corrected chi connectivity index (χ2v) is 5.04. The Hall–Kier alpha value is -1.95. The highest BCUT2D eigenvalue weighted by Crippen LogP contribution is 2.32. The lowest BCUT2D eigenvalue weighted by Gasteiger charge is -2.14. The van der Waals surface area contributed by atoms with Crippen LogP contribution in [0.25, 0.3) is 0 Å². The predicted octanol–water partition coefficient (Wildman–Crippen LogP) is 1.53. The van der Waals surface area contributed by atoms with E-state index < -0.39 is 17.8 Å². The van der Waals surface area contributed by atoms with E-state index in [-0.39, 0.29) is 18.4 Å². The Balaban J connectivity index is 1.88. The van der Waals surface area contributed by atoms with Gasteiger partial charge in [-0.25, -0.2) is 4.39 Å². The monoisotopic (exact) mass is 280 g/mol. The van der Waals surface area contributed by atoms with Gasteiger partial charge < -0.3 is 10.4 Å². The molecule has 0 aromatic heterocycles. The van der Waals surface area contributed by atoms with Crippen molar-refractivity contribution in [1.29, 1.82) is 0 Å². The summed E-state index contributed by atoms with van der Waals surface area (Å²) in [6.45, 7) is 1.65. The molecule has 1 fully saturated rings. The lowest BCUT2D eigenvalue weighted by Crippen LogP contribution is -2.42. The summed E-state index contributed by atoms with van der Waals surface area (Å²) in [6.07, 6.45) is 1.74. The van der Waals surface area contributed by atoms with E-state index in [0.717, 1.165) is 18.4 Å². The topological polar surface area (TPSA) is 78.4 Å². The van der Waals surface area contributed by atoms with Crippen molar-refractivity contribution >= 4 is 17.6 Å². The Morgan fingerprint density at radius 2 is 2.15 bits per heavy atom. The number of hydrogen-bond acceptors (Lipinski definition) is 3. The highest BCUT2D eigenvalue weighted by molar-refractivity contribution is 5.93. The van der Waals surface area contributed by atoms with Gasteiger partial charge in [0, 0.05) is 5.69 Å². The quantitative estimate of drug-likeness (QED) is 0.738. The molecule has 1 aromatic carbocycles. The number of halogens is 1. The van der Waals surface area contributed by atoms with Crippen LogP contribution >= 0.6 is 0 Å². The molecule has 20 heavy (non-hydrogen) atoms. The Morgan fingerprint density at radius 1 is 1.45 bits per heavy atom. The lowest BCUT2D eigenvalue weighted by atomic mass is 10.2. The number of hydrogen-bond donors (Lipinski definition) is 3. The van der Waals surface area contributed by atoms with Gasteiger partial charge >= 0.3 is 5.97 Å². The minimum Gasteiger partial charge on any atom is -0.480 e. The second kappa shape index (κ2) is 6.00. The summed E-state index contributed by atoms with van der Waals surface area (Å²) < 4.78 is 13.1. The summed E-state index contributed by atoms with van der Waals surface area (Å²) in [5, 5.41) is 14.3. The van der Waals surface area contributed by atoms with Crippen LogP contribution in [0.5, 0.6) is 0 Å². The zero-order valence-electron chi connectivity index (χ0n) is 11.1. The van der Waals surface area contributed by atoms with E-state index in [2.05, 4.69) is 10.6 Å². The molecule has 0 saturated heterocycles. The molecule has 1 amide bonds. The normalized spacial score (nSPS) is 15.7. The molecular formula is C14H17FN2O3. The maximum atomic E-state index is 13.1. The summed E-state index contributed by atoms with van der Waals surface area (Å²) in [5.41, 5.74) is 1.15. The molecule has 3 N–H and O–H groups in total. The van der Waals surface area contributed by atoms with Crippen molar-refractivity contribution in [2.24, 2.45) is 5.92 Å². The van der Waals surface area contributed by atoms with Crippen LogP contribution in [-0.2, 0) is 9.59 Å². The van der Waals surface area contributed by atoms with E-state index in [9.17, 15) is 14.0 Å². The number of rotatable bonds is 6. The standard InChI is InChI=1S/C14H17FN2O3/c1-8-2-5-10(15)6-11(8)17-12(18)7-16-13(14(19)20)9-3-4-9/h2,5-6,9,13,16H,3-4,7H2,1H3,(H,17,18)(H,19,20). The smallest absolute Gasteiger partial charge is 0.320 e. The number of carboxylic acid groups (broad SMARTS) is 1. The number of benzene rings is 1. The van der Waals surface area contributed by atoms with E-state index >= 15 is 0 Å². The van der Waals surface area contributed by atoms with E-state index in [1.807, 2.05) is 0 Å². The summed E-state index contributed by atoms with van der Waals surface area (Å²) in [5.74, 6) is -1.65. The van der Waals surface area contributed by atoms with Crippen LogP contribution in [0.15, 0.2) is 18.2 Å². The molecule has 1 aliphatic carbocycles. The van der Waals surface area contributed by atoms with E-state index in [4.69, 9.17) is 5.11 Å². The first-order valence-corrected chi connectivity index (χ1v) is 6.49. The maximum Gasteiger partial charge on any atom is 0.320 e. The number of nitrogens with one attached hydrogen (secondary N) is 2. The third-order valence-electron chi connectivity index (χ3n) is 3.32. The first-order chi connectivity index (χ1) is 9.47. The van der Waals surface area contributed by atoms with Crippen molar-refractivity contribution in [1.82, 2.24) is 5.32 Å². The minimum atomic E-state index is -0.942. The zero-order valence-corrected chi connectivity index (χ0v) is 11.1. The second-order valence-electron chi connectivity index (χ2n) is 5.04. The number of carbonyl (C=O) groups excluding carboxylic acids is 1. The van der Waals surface area contributed by atoms with E-state index in [1.165, 1.54) is 12.1 Å². The zero-order chi connectivity index (χ0) is 14.7. The molecule has 0 heterocycles. The molecule has 0 bridgehead atoms. The third kappa shape index (κ3) is 3.77. The van der Waals surface area contributed by atoms with Crippen molar-refractivity contribution in [2.45, 2.75) is 25.8 Å². The Morgan fingerprint density at radius 3 is 2.75 bits per heavy atom. The molecule has 1 atom stereocenters. The first kappa shape index (κ1) is 14.5. The van der Waals surface area contributed by atoms with E-state index in [0.29, 0.717) is 5.69 Å². The average molecular weight is 280 g/mol. The van der Waals surface area contributed by atoms with Crippen LogP contribution in [-0.4, -0.2) is 29.6 Å². The number of carboxylic acids is 1. The van der Waals surface area contributed by atoms with Gasteiger partial charge in [0.2, 0.25) is 5.91 Å². The van der Waals surface area contributed by atoms with Crippen LogP contribution in [0.1, 0.15) is 18.4 Å². The van der Waals surface area contributed by atoms with Gasteiger partial charge in [-0.3, -0.25) is 14.9 Å². The van der Waals surface area contributed by atoms with Gasteiger partial charge in [-0.1, -0.05) is 6.07 Å². The minimum absolute atomic E-state index is 0.108. The molecular weight excluding hydrogens is 263 g/mol. The highest BCUT2D eigenvalue weighted by Gasteiger charge is 2.36. The van der Waals surface area contributed by atoms with Crippen molar-refractivity contribution in [3.05, 3.63) is 29.6 Å². The third-order valence-corrected chi connectivity index (χ3v) is 3.32. The van der Waals surface area contributed by atoms with Crippen LogP contribution in [0, 0.1) is 18.7 Å². The van der Waals surface area contributed by atoms with Gasteiger partial charge in [-0.05, 0) is 43.4 Å². The predicted molar refractivity (Wildman–Crippen MR) is 71.9 cm³/mol. The number of aliphatic carboxylic acids is 1. The SMILES string of the molecule is Cc1ccc(F)cc1NC(=O)CNC(C(=O)O)C1CC1. The highest BCUT2D eigenvalue weighted by atomic mass is 19.1. The van der Waals surface area contributed by atoms with Gasteiger partial charge in [0.25, 0.3) is 0 Å². The van der Waals surface area contributed by atoms with Crippen molar-refractivity contribution in [3.63, 3.8) is 0 Å². The molecule has 1 saturated carbocycles.